The number of hydrogen-bond acceptors (Lipinski definition) is 4. The Hall–Kier alpha value is -1.13. The van der Waals surface area contributed by atoms with Gasteiger partial charge in [0, 0.05) is 6.42 Å². The van der Waals surface area contributed by atoms with Gasteiger partial charge in [-0.1, -0.05) is 6.92 Å². The van der Waals surface area contributed by atoms with Gasteiger partial charge in [0.15, 0.2) is 5.41 Å². The standard InChI is InChI=1S/C11H19FO4/c1-4-11(7-8-12,9(13)15-5-2)10(14)16-6-3/h4-8H2,1-3H3. The first kappa shape index (κ1) is 14.9. The minimum absolute atomic E-state index is 0.159. The molecule has 0 aliphatic carbocycles. The van der Waals surface area contributed by atoms with Gasteiger partial charge in [0.05, 0.1) is 19.9 Å². The van der Waals surface area contributed by atoms with Gasteiger partial charge in [-0.15, -0.1) is 0 Å². The second-order valence-corrected chi connectivity index (χ2v) is 3.32. The van der Waals surface area contributed by atoms with Gasteiger partial charge in [0.1, 0.15) is 0 Å². The summed E-state index contributed by atoms with van der Waals surface area (Å²) in [6.45, 7) is 4.48. The Kier molecular flexibility index (Phi) is 6.69. The van der Waals surface area contributed by atoms with Crippen molar-refractivity contribution >= 4 is 11.9 Å². The predicted octanol–water partition coefficient (Wildman–Crippen LogP) is 1.87. The van der Waals surface area contributed by atoms with E-state index >= 15 is 0 Å². The van der Waals surface area contributed by atoms with Crippen molar-refractivity contribution in [3.8, 4) is 0 Å². The minimum Gasteiger partial charge on any atom is -0.465 e. The summed E-state index contributed by atoms with van der Waals surface area (Å²) in [5, 5.41) is 0. The summed E-state index contributed by atoms with van der Waals surface area (Å²) in [5.74, 6) is -1.40. The van der Waals surface area contributed by atoms with Gasteiger partial charge in [0.2, 0.25) is 0 Å². The van der Waals surface area contributed by atoms with Crippen molar-refractivity contribution in [2.24, 2.45) is 5.41 Å². The monoisotopic (exact) mass is 234 g/mol. The topological polar surface area (TPSA) is 52.6 Å². The molecule has 0 heterocycles. The number of esters is 2. The number of hydrogen-bond donors (Lipinski definition) is 0. The fourth-order valence-corrected chi connectivity index (χ4v) is 1.45. The van der Waals surface area contributed by atoms with Crippen LogP contribution in [-0.2, 0) is 19.1 Å². The molecule has 0 N–H and O–H groups in total. The summed E-state index contributed by atoms with van der Waals surface area (Å²) >= 11 is 0. The van der Waals surface area contributed by atoms with Gasteiger partial charge in [-0.2, -0.15) is 0 Å². The molecular formula is C11H19FO4. The third-order valence-electron chi connectivity index (χ3n) is 2.46. The van der Waals surface area contributed by atoms with Crippen molar-refractivity contribution in [3.05, 3.63) is 0 Å². The van der Waals surface area contributed by atoms with Crippen LogP contribution >= 0.6 is 0 Å². The molecule has 0 spiro atoms. The van der Waals surface area contributed by atoms with Crippen LogP contribution in [-0.4, -0.2) is 31.8 Å². The molecule has 0 aliphatic heterocycles. The van der Waals surface area contributed by atoms with Crippen LogP contribution in [0.3, 0.4) is 0 Å². The number of ether oxygens (including phenoxy) is 2. The van der Waals surface area contributed by atoms with E-state index in [1.807, 2.05) is 0 Å². The van der Waals surface area contributed by atoms with Crippen molar-refractivity contribution in [1.82, 2.24) is 0 Å². The van der Waals surface area contributed by atoms with E-state index in [0.29, 0.717) is 0 Å². The smallest absolute Gasteiger partial charge is 0.323 e. The normalized spacial score (nSPS) is 11.0. The lowest BCUT2D eigenvalue weighted by Gasteiger charge is -2.26. The van der Waals surface area contributed by atoms with E-state index in [1.54, 1.807) is 20.8 Å². The molecule has 0 aromatic rings. The molecule has 0 amide bonds. The van der Waals surface area contributed by atoms with Gasteiger partial charge < -0.3 is 9.47 Å². The number of alkyl halides is 1. The fraction of sp³-hybridized carbons (Fsp3) is 0.818. The van der Waals surface area contributed by atoms with E-state index in [9.17, 15) is 14.0 Å². The summed E-state index contributed by atoms with van der Waals surface area (Å²) in [6, 6.07) is 0. The van der Waals surface area contributed by atoms with Crippen LogP contribution in [0.1, 0.15) is 33.6 Å². The number of carbonyl (C=O) groups excluding carboxylic acids is 2. The number of rotatable bonds is 7. The lowest BCUT2D eigenvalue weighted by atomic mass is 9.82. The Bertz CT molecular complexity index is 222. The quantitative estimate of drug-likeness (QED) is 0.498. The van der Waals surface area contributed by atoms with Crippen LogP contribution in [0, 0.1) is 5.41 Å². The van der Waals surface area contributed by atoms with Crippen molar-refractivity contribution in [1.29, 1.82) is 0 Å². The maximum atomic E-state index is 12.5. The Morgan fingerprint density at radius 1 is 1.06 bits per heavy atom. The van der Waals surface area contributed by atoms with Crippen LogP contribution in [0.15, 0.2) is 0 Å². The molecule has 5 heteroatoms. The molecule has 0 saturated heterocycles. The van der Waals surface area contributed by atoms with Crippen molar-refractivity contribution in [2.75, 3.05) is 19.9 Å². The van der Waals surface area contributed by atoms with Gasteiger partial charge in [-0.05, 0) is 20.3 Å². The van der Waals surface area contributed by atoms with E-state index in [1.165, 1.54) is 0 Å². The predicted molar refractivity (Wildman–Crippen MR) is 56.6 cm³/mol. The minimum atomic E-state index is -1.49. The van der Waals surface area contributed by atoms with E-state index in [4.69, 9.17) is 9.47 Å². The van der Waals surface area contributed by atoms with Gasteiger partial charge >= 0.3 is 11.9 Å². The summed E-state index contributed by atoms with van der Waals surface area (Å²) in [5.41, 5.74) is -1.49. The SMILES string of the molecule is CCOC(=O)C(CC)(CCF)C(=O)OCC. The molecule has 0 aliphatic rings. The third-order valence-corrected chi connectivity index (χ3v) is 2.46. The highest BCUT2D eigenvalue weighted by molar-refractivity contribution is 6.00. The van der Waals surface area contributed by atoms with Crippen LogP contribution in [0.4, 0.5) is 4.39 Å². The van der Waals surface area contributed by atoms with Crippen LogP contribution < -0.4 is 0 Å². The summed E-state index contributed by atoms with van der Waals surface area (Å²) in [6.07, 6.45) is -0.0181. The molecular weight excluding hydrogens is 215 g/mol. The highest BCUT2D eigenvalue weighted by atomic mass is 19.1. The molecule has 0 aromatic carbocycles. The Labute approximate surface area is 95.1 Å². The fourth-order valence-electron chi connectivity index (χ4n) is 1.45. The average molecular weight is 234 g/mol. The maximum Gasteiger partial charge on any atom is 0.323 e. The number of halogens is 1. The van der Waals surface area contributed by atoms with Crippen LogP contribution in [0.5, 0.6) is 0 Å². The van der Waals surface area contributed by atoms with E-state index in [0.717, 1.165) is 0 Å². The van der Waals surface area contributed by atoms with Crippen molar-refractivity contribution in [3.63, 3.8) is 0 Å². The van der Waals surface area contributed by atoms with E-state index in [2.05, 4.69) is 0 Å². The molecule has 0 atom stereocenters. The largest absolute Gasteiger partial charge is 0.465 e. The molecule has 0 aromatic heterocycles. The second-order valence-electron chi connectivity index (χ2n) is 3.32. The molecule has 94 valence electrons. The number of carbonyl (C=O) groups is 2. The van der Waals surface area contributed by atoms with Gasteiger partial charge in [0.25, 0.3) is 0 Å². The van der Waals surface area contributed by atoms with Crippen LogP contribution in [0.2, 0.25) is 0 Å². The van der Waals surface area contributed by atoms with Gasteiger partial charge in [-0.25, -0.2) is 0 Å². The van der Waals surface area contributed by atoms with E-state index in [-0.39, 0.29) is 26.1 Å². The summed E-state index contributed by atoms with van der Waals surface area (Å²) in [7, 11) is 0. The molecule has 16 heavy (non-hydrogen) atoms. The first-order valence-electron chi connectivity index (χ1n) is 5.49. The lowest BCUT2D eigenvalue weighted by molar-refractivity contribution is -0.173. The Morgan fingerprint density at radius 3 is 1.75 bits per heavy atom. The molecule has 0 saturated carbocycles. The molecule has 0 rings (SSSR count). The molecule has 0 radical (unpaired) electrons. The zero-order valence-corrected chi connectivity index (χ0v) is 10.0. The summed E-state index contributed by atoms with van der Waals surface area (Å²) in [4.78, 5) is 23.4. The van der Waals surface area contributed by atoms with Crippen molar-refractivity contribution < 1.29 is 23.5 Å². The lowest BCUT2D eigenvalue weighted by Crippen LogP contribution is -2.42. The molecule has 0 bridgehead atoms. The highest BCUT2D eigenvalue weighted by Crippen LogP contribution is 2.30. The zero-order valence-electron chi connectivity index (χ0n) is 10.0. The Balaban J connectivity index is 4.97. The average Bonchev–Trinajstić information content (AvgIpc) is 2.26. The van der Waals surface area contributed by atoms with Gasteiger partial charge in [-0.3, -0.25) is 14.0 Å². The highest BCUT2D eigenvalue weighted by Gasteiger charge is 2.46. The zero-order chi connectivity index (χ0) is 12.6. The molecule has 0 unspecified atom stereocenters. The van der Waals surface area contributed by atoms with Crippen LogP contribution in [0.25, 0.3) is 0 Å². The summed E-state index contributed by atoms with van der Waals surface area (Å²) < 4.78 is 22.1. The third kappa shape index (κ3) is 3.18. The van der Waals surface area contributed by atoms with Crippen molar-refractivity contribution in [2.45, 2.75) is 33.6 Å². The molecule has 4 nitrogen and oxygen atoms in total. The first-order chi connectivity index (χ1) is 7.58. The molecule has 0 fully saturated rings. The second kappa shape index (κ2) is 7.19. The Morgan fingerprint density at radius 2 is 1.50 bits per heavy atom. The van der Waals surface area contributed by atoms with E-state index < -0.39 is 24.0 Å². The first-order valence-corrected chi connectivity index (χ1v) is 5.49. The maximum absolute atomic E-state index is 12.5.